The van der Waals surface area contributed by atoms with Crippen molar-refractivity contribution in [2.75, 3.05) is 26.2 Å². The van der Waals surface area contributed by atoms with E-state index >= 15 is 0 Å². The highest BCUT2D eigenvalue weighted by Crippen LogP contribution is 2.25. The molecule has 1 saturated carbocycles. The number of likely N-dealkylation sites (tertiary alicyclic amines) is 1. The van der Waals surface area contributed by atoms with Crippen molar-refractivity contribution in [3.05, 3.63) is 0 Å². The van der Waals surface area contributed by atoms with E-state index in [0.29, 0.717) is 30.2 Å². The summed E-state index contributed by atoms with van der Waals surface area (Å²) in [6.07, 6.45) is 10.7. The molecule has 0 bridgehead atoms. The SMILES string of the molecule is CC(CC(=O)N1CCC(NC(=O)NC2CCCCC2)CC1)C1CCNCC1.Cl. The van der Waals surface area contributed by atoms with E-state index in [4.69, 9.17) is 0 Å². The summed E-state index contributed by atoms with van der Waals surface area (Å²) in [4.78, 5) is 26.9. The molecule has 3 fully saturated rings. The lowest BCUT2D eigenvalue weighted by Gasteiger charge is -2.35. The van der Waals surface area contributed by atoms with Crippen LogP contribution in [0.3, 0.4) is 0 Å². The Labute approximate surface area is 176 Å². The average molecular weight is 415 g/mol. The largest absolute Gasteiger partial charge is 0.343 e. The van der Waals surface area contributed by atoms with E-state index in [1.54, 1.807) is 0 Å². The smallest absolute Gasteiger partial charge is 0.315 e. The van der Waals surface area contributed by atoms with Gasteiger partial charge in [0.15, 0.2) is 0 Å². The predicted molar refractivity (Wildman–Crippen MR) is 115 cm³/mol. The molecule has 0 aromatic rings. The van der Waals surface area contributed by atoms with Crippen LogP contribution in [-0.2, 0) is 4.79 Å². The molecular formula is C21H39ClN4O2. The van der Waals surface area contributed by atoms with E-state index in [0.717, 1.165) is 51.9 Å². The fourth-order valence-electron chi connectivity index (χ4n) is 4.92. The standard InChI is InChI=1S/C21H38N4O2.ClH/c1-16(17-7-11-22-12-8-17)15-20(26)25-13-9-19(10-14-25)24-21(27)23-18-5-3-2-4-6-18;/h16-19,22H,2-15H2,1H3,(H2,23,24,27);1H. The lowest BCUT2D eigenvalue weighted by molar-refractivity contribution is -0.133. The third kappa shape index (κ3) is 7.11. The molecule has 162 valence electrons. The molecule has 0 aromatic carbocycles. The van der Waals surface area contributed by atoms with Crippen LogP contribution in [0.5, 0.6) is 0 Å². The number of hydrogen-bond acceptors (Lipinski definition) is 3. The lowest BCUT2D eigenvalue weighted by atomic mass is 9.84. The van der Waals surface area contributed by atoms with Gasteiger partial charge in [0, 0.05) is 31.6 Å². The molecule has 1 aliphatic carbocycles. The number of hydrogen-bond donors (Lipinski definition) is 3. The van der Waals surface area contributed by atoms with Gasteiger partial charge in [0.2, 0.25) is 5.91 Å². The number of piperidine rings is 2. The van der Waals surface area contributed by atoms with Gasteiger partial charge < -0.3 is 20.9 Å². The topological polar surface area (TPSA) is 73.5 Å². The van der Waals surface area contributed by atoms with Crippen LogP contribution < -0.4 is 16.0 Å². The van der Waals surface area contributed by atoms with E-state index in [1.165, 1.54) is 32.1 Å². The van der Waals surface area contributed by atoms with Gasteiger partial charge in [-0.2, -0.15) is 0 Å². The molecule has 3 aliphatic rings. The number of amides is 3. The van der Waals surface area contributed by atoms with Crippen LogP contribution in [-0.4, -0.2) is 55.1 Å². The Hall–Kier alpha value is -1.01. The number of carbonyl (C=O) groups is 2. The number of urea groups is 1. The third-order valence-electron chi connectivity index (χ3n) is 6.81. The van der Waals surface area contributed by atoms with E-state index in [-0.39, 0.29) is 24.5 Å². The van der Waals surface area contributed by atoms with Gasteiger partial charge in [-0.05, 0) is 63.5 Å². The maximum atomic E-state index is 12.7. The summed E-state index contributed by atoms with van der Waals surface area (Å²) in [7, 11) is 0. The molecule has 6 nitrogen and oxygen atoms in total. The summed E-state index contributed by atoms with van der Waals surface area (Å²) < 4.78 is 0. The van der Waals surface area contributed by atoms with Crippen molar-refractivity contribution >= 4 is 24.3 Å². The Morgan fingerprint density at radius 1 is 0.929 bits per heavy atom. The normalized spacial score (nSPS) is 23.5. The van der Waals surface area contributed by atoms with E-state index in [9.17, 15) is 9.59 Å². The van der Waals surface area contributed by atoms with E-state index in [1.807, 2.05) is 4.90 Å². The molecule has 3 amide bonds. The Bertz CT molecular complexity index is 485. The van der Waals surface area contributed by atoms with Crippen LogP contribution in [0.4, 0.5) is 4.79 Å². The monoisotopic (exact) mass is 414 g/mol. The predicted octanol–water partition coefficient (Wildman–Crippen LogP) is 3.06. The minimum Gasteiger partial charge on any atom is -0.343 e. The second kappa shape index (κ2) is 11.9. The van der Waals surface area contributed by atoms with Crippen molar-refractivity contribution in [1.29, 1.82) is 0 Å². The van der Waals surface area contributed by atoms with Crippen molar-refractivity contribution < 1.29 is 9.59 Å². The Kier molecular flexibility index (Phi) is 9.86. The fourth-order valence-corrected chi connectivity index (χ4v) is 4.92. The van der Waals surface area contributed by atoms with Gasteiger partial charge in [0.1, 0.15) is 0 Å². The van der Waals surface area contributed by atoms with Crippen LogP contribution >= 0.6 is 12.4 Å². The van der Waals surface area contributed by atoms with Gasteiger partial charge in [-0.25, -0.2) is 4.79 Å². The first-order valence-corrected chi connectivity index (χ1v) is 11.2. The molecule has 28 heavy (non-hydrogen) atoms. The molecule has 2 heterocycles. The Morgan fingerprint density at radius 3 is 2.11 bits per heavy atom. The van der Waals surface area contributed by atoms with Gasteiger partial charge in [0.05, 0.1) is 0 Å². The zero-order valence-electron chi connectivity index (χ0n) is 17.4. The van der Waals surface area contributed by atoms with Crippen molar-refractivity contribution in [2.45, 2.75) is 83.2 Å². The zero-order chi connectivity index (χ0) is 19.1. The second-order valence-corrected chi connectivity index (χ2v) is 8.88. The summed E-state index contributed by atoms with van der Waals surface area (Å²) in [6.45, 7) is 5.95. The second-order valence-electron chi connectivity index (χ2n) is 8.88. The minimum absolute atomic E-state index is 0. The number of nitrogens with zero attached hydrogens (tertiary/aromatic N) is 1. The number of nitrogens with one attached hydrogen (secondary N) is 3. The molecule has 0 spiro atoms. The molecular weight excluding hydrogens is 376 g/mol. The van der Waals surface area contributed by atoms with Crippen LogP contribution in [0.1, 0.15) is 71.1 Å². The van der Waals surface area contributed by atoms with Crippen LogP contribution in [0.15, 0.2) is 0 Å². The third-order valence-corrected chi connectivity index (χ3v) is 6.81. The maximum Gasteiger partial charge on any atom is 0.315 e. The molecule has 2 saturated heterocycles. The minimum atomic E-state index is -0.0220. The highest BCUT2D eigenvalue weighted by atomic mass is 35.5. The highest BCUT2D eigenvalue weighted by molar-refractivity contribution is 5.85. The maximum absolute atomic E-state index is 12.7. The first-order valence-electron chi connectivity index (χ1n) is 11.2. The van der Waals surface area contributed by atoms with Crippen LogP contribution in [0.25, 0.3) is 0 Å². The first-order chi connectivity index (χ1) is 13.1. The molecule has 0 aromatic heterocycles. The summed E-state index contributed by atoms with van der Waals surface area (Å²) in [5.41, 5.74) is 0. The fraction of sp³-hybridized carbons (Fsp3) is 0.905. The highest BCUT2D eigenvalue weighted by Gasteiger charge is 2.28. The molecule has 2 aliphatic heterocycles. The van der Waals surface area contributed by atoms with Crippen molar-refractivity contribution in [3.8, 4) is 0 Å². The number of halogens is 1. The van der Waals surface area contributed by atoms with Gasteiger partial charge in [-0.3, -0.25) is 4.79 Å². The lowest BCUT2D eigenvalue weighted by Crippen LogP contribution is -2.51. The number of carbonyl (C=O) groups excluding carboxylic acids is 2. The summed E-state index contributed by atoms with van der Waals surface area (Å²) in [5, 5.41) is 9.65. The van der Waals surface area contributed by atoms with Gasteiger partial charge in [-0.15, -0.1) is 12.4 Å². The average Bonchev–Trinajstić information content (AvgIpc) is 2.70. The summed E-state index contributed by atoms with van der Waals surface area (Å²) >= 11 is 0. The first kappa shape index (κ1) is 23.3. The molecule has 3 rings (SSSR count). The summed E-state index contributed by atoms with van der Waals surface area (Å²) in [6, 6.07) is 0.516. The molecule has 7 heteroatoms. The van der Waals surface area contributed by atoms with Crippen LogP contribution in [0, 0.1) is 11.8 Å². The van der Waals surface area contributed by atoms with Gasteiger partial charge >= 0.3 is 6.03 Å². The van der Waals surface area contributed by atoms with Crippen molar-refractivity contribution in [3.63, 3.8) is 0 Å². The zero-order valence-corrected chi connectivity index (χ0v) is 18.2. The molecule has 0 radical (unpaired) electrons. The molecule has 1 atom stereocenters. The van der Waals surface area contributed by atoms with E-state index < -0.39 is 0 Å². The van der Waals surface area contributed by atoms with Gasteiger partial charge in [-0.1, -0.05) is 26.2 Å². The van der Waals surface area contributed by atoms with Crippen LogP contribution in [0.2, 0.25) is 0 Å². The molecule has 3 N–H and O–H groups in total. The summed E-state index contributed by atoms with van der Waals surface area (Å²) in [5.74, 6) is 1.45. The van der Waals surface area contributed by atoms with E-state index in [2.05, 4.69) is 22.9 Å². The quantitative estimate of drug-likeness (QED) is 0.647. The number of rotatable bonds is 5. The van der Waals surface area contributed by atoms with Gasteiger partial charge in [0.25, 0.3) is 0 Å². The molecule has 1 unspecified atom stereocenters. The van der Waals surface area contributed by atoms with Crippen molar-refractivity contribution in [2.24, 2.45) is 11.8 Å². The Morgan fingerprint density at radius 2 is 1.50 bits per heavy atom. The van der Waals surface area contributed by atoms with Crippen molar-refractivity contribution in [1.82, 2.24) is 20.9 Å². The Balaban J connectivity index is 0.00000280.